The molecule has 1 aromatic heterocycles. The summed E-state index contributed by atoms with van der Waals surface area (Å²) in [5, 5.41) is 0. The van der Waals surface area contributed by atoms with Crippen LogP contribution < -0.4 is 4.57 Å². The van der Waals surface area contributed by atoms with E-state index in [2.05, 4.69) is 6.92 Å². The molecule has 27 heavy (non-hydrogen) atoms. The largest absolute Gasteiger partial charge is 0.290 e. The van der Waals surface area contributed by atoms with Gasteiger partial charge < -0.3 is 0 Å². The topological polar surface area (TPSA) is 38.0 Å². The summed E-state index contributed by atoms with van der Waals surface area (Å²) in [5.74, 6) is -0.992. The van der Waals surface area contributed by atoms with Crippen molar-refractivity contribution in [3.63, 3.8) is 0 Å². The average molecular weight is 367 g/mol. The van der Waals surface area contributed by atoms with Crippen LogP contribution in [0.4, 0.5) is 0 Å². The lowest BCUT2D eigenvalue weighted by Gasteiger charge is -2.15. The molecule has 0 aliphatic rings. The first-order valence-corrected chi connectivity index (χ1v) is 10.1. The van der Waals surface area contributed by atoms with Gasteiger partial charge in [-0.2, -0.15) is 4.57 Å². The lowest BCUT2D eigenvalue weighted by atomic mass is 9.90. The Bertz CT molecular complexity index is 722. The highest BCUT2D eigenvalue weighted by Crippen LogP contribution is 2.21. The molecule has 0 saturated carbocycles. The fourth-order valence-corrected chi connectivity index (χ4v) is 3.36. The van der Waals surface area contributed by atoms with Crippen LogP contribution in [0.5, 0.6) is 0 Å². The second-order valence-corrected chi connectivity index (χ2v) is 7.40. The molecule has 0 spiro atoms. The van der Waals surface area contributed by atoms with E-state index in [-0.39, 0.29) is 11.6 Å². The Kier molecular flexibility index (Phi) is 8.38. The lowest BCUT2D eigenvalue weighted by Crippen LogP contribution is -2.46. The number of carbonyl (C=O) groups is 2. The van der Waals surface area contributed by atoms with Gasteiger partial charge in [0.25, 0.3) is 5.78 Å². The summed E-state index contributed by atoms with van der Waals surface area (Å²) in [5.41, 5.74) is 2.05. The van der Waals surface area contributed by atoms with E-state index in [1.165, 1.54) is 19.3 Å². The minimum Gasteiger partial charge on any atom is -0.290 e. The van der Waals surface area contributed by atoms with Crippen LogP contribution in [0.15, 0.2) is 54.9 Å². The van der Waals surface area contributed by atoms with Crippen LogP contribution in [0.1, 0.15) is 75.5 Å². The molecule has 0 bridgehead atoms. The summed E-state index contributed by atoms with van der Waals surface area (Å²) in [6.07, 6.45) is 10.2. The van der Waals surface area contributed by atoms with E-state index in [0.29, 0.717) is 6.42 Å². The molecule has 144 valence electrons. The van der Waals surface area contributed by atoms with Gasteiger partial charge in [-0.1, -0.05) is 75.4 Å². The number of carbonyl (C=O) groups excluding carboxylic acids is 2. The molecule has 0 amide bonds. The predicted molar refractivity (Wildman–Crippen MR) is 109 cm³/mol. The molecule has 0 aliphatic heterocycles. The maximum Gasteiger partial charge on any atom is 0.266 e. The maximum atomic E-state index is 13.1. The van der Waals surface area contributed by atoms with E-state index in [0.717, 1.165) is 24.0 Å². The van der Waals surface area contributed by atoms with Crippen LogP contribution in [0.3, 0.4) is 0 Å². The number of ketones is 2. The van der Waals surface area contributed by atoms with Crippen LogP contribution >= 0.6 is 0 Å². The van der Waals surface area contributed by atoms with Crippen LogP contribution in [0.25, 0.3) is 0 Å². The molecule has 0 aliphatic carbocycles. The van der Waals surface area contributed by atoms with Crippen molar-refractivity contribution in [2.75, 3.05) is 0 Å². The number of hydrogen-bond donors (Lipinski definition) is 0. The first kappa shape index (κ1) is 21.0. The van der Waals surface area contributed by atoms with Crippen molar-refractivity contribution in [1.82, 2.24) is 0 Å². The third-order valence-electron chi connectivity index (χ3n) is 5.20. The Morgan fingerprint density at radius 3 is 2.15 bits per heavy atom. The van der Waals surface area contributed by atoms with E-state index in [1.54, 1.807) is 0 Å². The highest BCUT2D eigenvalue weighted by atomic mass is 16.2. The Morgan fingerprint density at radius 1 is 0.889 bits per heavy atom. The fourth-order valence-electron chi connectivity index (χ4n) is 3.36. The Hall–Kier alpha value is -2.29. The molecular weight excluding hydrogens is 334 g/mol. The summed E-state index contributed by atoms with van der Waals surface area (Å²) in [6, 6.07) is 13.2. The fraction of sp³-hybridized carbons (Fsp3) is 0.458. The third-order valence-corrected chi connectivity index (χ3v) is 5.20. The Labute approximate surface area is 163 Å². The predicted octanol–water partition coefficient (Wildman–Crippen LogP) is 5.13. The number of aromatic nitrogens is 1. The molecule has 1 heterocycles. The summed E-state index contributed by atoms with van der Waals surface area (Å²) in [4.78, 5) is 26.0. The highest BCUT2D eigenvalue weighted by Gasteiger charge is 2.35. The quantitative estimate of drug-likeness (QED) is 0.314. The van der Waals surface area contributed by atoms with Gasteiger partial charge in [0.15, 0.2) is 12.4 Å². The summed E-state index contributed by atoms with van der Waals surface area (Å²) in [6.45, 7) is 6.04. The van der Waals surface area contributed by atoms with E-state index >= 15 is 0 Å². The highest BCUT2D eigenvalue weighted by molar-refractivity contribution is 6.40. The number of unbranched alkanes of at least 4 members (excludes halogenated alkanes) is 4. The van der Waals surface area contributed by atoms with Gasteiger partial charge in [-0.15, -0.1) is 0 Å². The van der Waals surface area contributed by atoms with Gasteiger partial charge in [0.05, 0.1) is 0 Å². The number of hydrogen-bond acceptors (Lipinski definition) is 2. The average Bonchev–Trinajstić information content (AvgIpc) is 2.70. The Balaban J connectivity index is 2.11. The van der Waals surface area contributed by atoms with Gasteiger partial charge in [-0.3, -0.25) is 9.59 Å². The number of pyridine rings is 1. The molecule has 1 aromatic carbocycles. The summed E-state index contributed by atoms with van der Waals surface area (Å²) in [7, 11) is 0. The zero-order valence-electron chi connectivity index (χ0n) is 16.9. The first-order chi connectivity index (χ1) is 13.0. The number of Topliss-reactive ketones (excluding diaryl/α,β-unsaturated/α-hetero) is 2. The van der Waals surface area contributed by atoms with Crippen LogP contribution in [0.2, 0.25) is 0 Å². The second-order valence-electron chi connectivity index (χ2n) is 7.40. The van der Waals surface area contributed by atoms with E-state index in [1.807, 2.05) is 73.3 Å². The van der Waals surface area contributed by atoms with Gasteiger partial charge in [-0.25, -0.2) is 0 Å². The van der Waals surface area contributed by atoms with Crippen molar-refractivity contribution in [2.24, 2.45) is 0 Å². The minimum atomic E-state index is -0.412. The molecule has 0 fully saturated rings. The zero-order chi connectivity index (χ0) is 19.6. The molecule has 0 saturated heterocycles. The van der Waals surface area contributed by atoms with Crippen molar-refractivity contribution in [1.29, 1.82) is 0 Å². The number of rotatable bonds is 11. The number of benzene rings is 1. The lowest BCUT2D eigenvalue weighted by molar-refractivity contribution is -0.709. The molecule has 0 radical (unpaired) electrons. The van der Waals surface area contributed by atoms with Crippen LogP contribution in [-0.4, -0.2) is 11.6 Å². The van der Waals surface area contributed by atoms with Crippen molar-refractivity contribution in [3.8, 4) is 0 Å². The van der Waals surface area contributed by atoms with Gasteiger partial charge in [0.2, 0.25) is 11.8 Å². The summed E-state index contributed by atoms with van der Waals surface area (Å²) < 4.78 is 1.89. The molecule has 2 rings (SSSR count). The molecule has 0 N–H and O–H groups in total. The van der Waals surface area contributed by atoms with Gasteiger partial charge in [-0.05, 0) is 18.9 Å². The SMILES string of the molecule is CCCCCCCC(C(=O)C(=O)C(C)c1ccc(C)cc1)[n+]1ccccc1. The Morgan fingerprint density at radius 2 is 1.52 bits per heavy atom. The smallest absolute Gasteiger partial charge is 0.266 e. The molecular formula is C24H32NO2+. The van der Waals surface area contributed by atoms with E-state index in [4.69, 9.17) is 0 Å². The third kappa shape index (κ3) is 6.13. The molecule has 2 aromatic rings. The van der Waals surface area contributed by atoms with Crippen molar-refractivity contribution >= 4 is 11.6 Å². The molecule has 2 atom stereocenters. The monoisotopic (exact) mass is 366 g/mol. The van der Waals surface area contributed by atoms with Gasteiger partial charge in [0, 0.05) is 24.5 Å². The van der Waals surface area contributed by atoms with Crippen LogP contribution in [-0.2, 0) is 9.59 Å². The maximum absolute atomic E-state index is 13.1. The van der Waals surface area contributed by atoms with E-state index < -0.39 is 12.0 Å². The van der Waals surface area contributed by atoms with Gasteiger partial charge in [0.1, 0.15) is 0 Å². The number of aryl methyl sites for hydroxylation is 1. The number of nitrogens with zero attached hydrogens (tertiary/aromatic N) is 1. The normalized spacial score (nSPS) is 13.1. The van der Waals surface area contributed by atoms with Crippen molar-refractivity contribution in [3.05, 3.63) is 66.0 Å². The standard InChI is InChI=1S/C24H32NO2/c1-4-5-6-7-9-12-22(25-17-10-8-11-18-25)24(27)23(26)20(3)21-15-13-19(2)14-16-21/h8,10-11,13-18,20,22H,4-7,9,12H2,1-3H3/q+1. The van der Waals surface area contributed by atoms with Crippen molar-refractivity contribution in [2.45, 2.75) is 71.3 Å². The van der Waals surface area contributed by atoms with Gasteiger partial charge >= 0.3 is 0 Å². The minimum absolute atomic E-state index is 0.283. The molecule has 2 unspecified atom stereocenters. The van der Waals surface area contributed by atoms with Crippen molar-refractivity contribution < 1.29 is 14.2 Å². The van der Waals surface area contributed by atoms with E-state index in [9.17, 15) is 9.59 Å². The summed E-state index contributed by atoms with van der Waals surface area (Å²) >= 11 is 0. The molecule has 3 heteroatoms. The van der Waals surface area contributed by atoms with Crippen LogP contribution in [0, 0.1) is 6.92 Å². The zero-order valence-corrected chi connectivity index (χ0v) is 16.9. The molecule has 3 nitrogen and oxygen atoms in total. The second kappa shape index (κ2) is 10.8. The first-order valence-electron chi connectivity index (χ1n) is 10.1.